The molecule has 1 fully saturated rings. The standard InChI is InChI=1S/C17H21N3O2S/c1-19(2)15-11-20(16(21)14-10-18-12-23-14)9-8-17(15,22)13-6-4-3-5-7-13/h3-7,10,12,15,22H,8-9,11H2,1-2H3/t15-,17+/m1/s1. The lowest BCUT2D eigenvalue weighted by Gasteiger charge is -2.47. The summed E-state index contributed by atoms with van der Waals surface area (Å²) in [5.74, 6) is -0.00513. The van der Waals surface area contributed by atoms with Crippen molar-refractivity contribution in [3.8, 4) is 0 Å². The number of thiazole rings is 1. The first-order valence-electron chi connectivity index (χ1n) is 7.64. The average molecular weight is 331 g/mol. The molecular weight excluding hydrogens is 310 g/mol. The van der Waals surface area contributed by atoms with Gasteiger partial charge in [-0.2, -0.15) is 0 Å². The molecule has 23 heavy (non-hydrogen) atoms. The number of hydrogen-bond acceptors (Lipinski definition) is 5. The number of aromatic nitrogens is 1. The van der Waals surface area contributed by atoms with Crippen molar-refractivity contribution in [3.63, 3.8) is 0 Å². The number of benzene rings is 1. The molecule has 3 rings (SSSR count). The van der Waals surface area contributed by atoms with Gasteiger partial charge in [0, 0.05) is 13.1 Å². The van der Waals surface area contributed by atoms with Gasteiger partial charge >= 0.3 is 0 Å². The van der Waals surface area contributed by atoms with E-state index in [9.17, 15) is 9.90 Å². The minimum absolute atomic E-state index is 0.00513. The van der Waals surface area contributed by atoms with Crippen molar-refractivity contribution in [3.05, 3.63) is 52.5 Å². The number of likely N-dealkylation sites (N-methyl/N-ethyl adjacent to an activating group) is 1. The summed E-state index contributed by atoms with van der Waals surface area (Å²) in [6, 6.07) is 9.58. The molecule has 122 valence electrons. The van der Waals surface area contributed by atoms with Crippen LogP contribution in [-0.2, 0) is 5.60 Å². The van der Waals surface area contributed by atoms with Crippen LogP contribution in [0, 0.1) is 0 Å². The molecule has 0 saturated carbocycles. The van der Waals surface area contributed by atoms with Crippen LogP contribution < -0.4 is 0 Å². The van der Waals surface area contributed by atoms with Gasteiger partial charge in [-0.25, -0.2) is 0 Å². The van der Waals surface area contributed by atoms with Crippen molar-refractivity contribution in [2.45, 2.75) is 18.1 Å². The fourth-order valence-electron chi connectivity index (χ4n) is 3.24. The van der Waals surface area contributed by atoms with Gasteiger partial charge in [-0.05, 0) is 26.1 Å². The molecule has 1 aliphatic rings. The van der Waals surface area contributed by atoms with Crippen molar-refractivity contribution in [2.24, 2.45) is 0 Å². The summed E-state index contributed by atoms with van der Waals surface area (Å²) >= 11 is 1.35. The zero-order chi connectivity index (χ0) is 16.4. The molecular formula is C17H21N3O2S. The van der Waals surface area contributed by atoms with Crippen LogP contribution in [0.15, 0.2) is 42.0 Å². The van der Waals surface area contributed by atoms with Crippen molar-refractivity contribution < 1.29 is 9.90 Å². The molecule has 1 N–H and O–H groups in total. The molecule has 0 aliphatic carbocycles. The van der Waals surface area contributed by atoms with Gasteiger partial charge in [0.2, 0.25) is 0 Å². The Morgan fingerprint density at radius 1 is 1.39 bits per heavy atom. The fraction of sp³-hybridized carbons (Fsp3) is 0.412. The second-order valence-electron chi connectivity index (χ2n) is 6.14. The van der Waals surface area contributed by atoms with Gasteiger partial charge in [0.15, 0.2) is 0 Å². The summed E-state index contributed by atoms with van der Waals surface area (Å²) in [6.07, 6.45) is 2.13. The summed E-state index contributed by atoms with van der Waals surface area (Å²) in [7, 11) is 3.89. The summed E-state index contributed by atoms with van der Waals surface area (Å²) in [6.45, 7) is 1.03. The number of piperidine rings is 1. The molecule has 2 atom stereocenters. The third kappa shape index (κ3) is 3.02. The molecule has 1 saturated heterocycles. The van der Waals surface area contributed by atoms with Crippen LogP contribution in [0.25, 0.3) is 0 Å². The first kappa shape index (κ1) is 16.1. The highest BCUT2D eigenvalue weighted by Gasteiger charge is 2.45. The molecule has 0 bridgehead atoms. The summed E-state index contributed by atoms with van der Waals surface area (Å²) in [4.78, 5) is 21.0. The van der Waals surface area contributed by atoms with Gasteiger partial charge in [0.1, 0.15) is 10.5 Å². The maximum atomic E-state index is 12.6. The van der Waals surface area contributed by atoms with E-state index < -0.39 is 5.60 Å². The Kier molecular flexibility index (Phi) is 4.48. The molecule has 1 aromatic carbocycles. The molecule has 0 unspecified atom stereocenters. The van der Waals surface area contributed by atoms with E-state index in [-0.39, 0.29) is 11.9 Å². The highest BCUT2D eigenvalue weighted by atomic mass is 32.1. The summed E-state index contributed by atoms with van der Waals surface area (Å²) in [5.41, 5.74) is 1.62. The van der Waals surface area contributed by atoms with Gasteiger partial charge in [0.05, 0.1) is 17.7 Å². The number of likely N-dealkylation sites (tertiary alicyclic amines) is 1. The van der Waals surface area contributed by atoms with Crippen LogP contribution in [0.2, 0.25) is 0 Å². The smallest absolute Gasteiger partial charge is 0.265 e. The third-order valence-electron chi connectivity index (χ3n) is 4.53. The van der Waals surface area contributed by atoms with E-state index in [0.29, 0.717) is 24.4 Å². The Morgan fingerprint density at radius 2 is 2.13 bits per heavy atom. The van der Waals surface area contributed by atoms with Crippen LogP contribution in [0.3, 0.4) is 0 Å². The number of rotatable bonds is 3. The number of nitrogens with zero attached hydrogens (tertiary/aromatic N) is 3. The lowest BCUT2D eigenvalue weighted by Crippen LogP contribution is -2.60. The number of aliphatic hydroxyl groups is 1. The average Bonchev–Trinajstić information content (AvgIpc) is 3.09. The van der Waals surface area contributed by atoms with Crippen molar-refractivity contribution in [1.82, 2.24) is 14.8 Å². The Hall–Kier alpha value is -1.76. The molecule has 1 aliphatic heterocycles. The van der Waals surface area contributed by atoms with E-state index in [0.717, 1.165) is 5.56 Å². The molecule has 0 radical (unpaired) electrons. The first-order chi connectivity index (χ1) is 11.0. The van der Waals surface area contributed by atoms with Crippen LogP contribution in [0.5, 0.6) is 0 Å². The highest BCUT2D eigenvalue weighted by molar-refractivity contribution is 7.11. The minimum atomic E-state index is -0.949. The van der Waals surface area contributed by atoms with E-state index in [1.165, 1.54) is 11.3 Å². The zero-order valence-corrected chi connectivity index (χ0v) is 14.2. The summed E-state index contributed by atoms with van der Waals surface area (Å²) in [5, 5.41) is 11.3. The Balaban J connectivity index is 1.86. The SMILES string of the molecule is CN(C)[C@@H]1CN(C(=O)c2cncs2)CC[C@]1(O)c1ccccc1. The molecule has 0 spiro atoms. The Bertz CT molecular complexity index is 660. The van der Waals surface area contributed by atoms with E-state index in [4.69, 9.17) is 0 Å². The predicted octanol–water partition coefficient (Wildman–Crippen LogP) is 1.81. The van der Waals surface area contributed by atoms with Crippen LogP contribution >= 0.6 is 11.3 Å². The van der Waals surface area contributed by atoms with E-state index in [2.05, 4.69) is 4.98 Å². The van der Waals surface area contributed by atoms with Crippen LogP contribution in [0.1, 0.15) is 21.7 Å². The Morgan fingerprint density at radius 3 is 2.74 bits per heavy atom. The second kappa shape index (κ2) is 6.39. The number of hydrogen-bond donors (Lipinski definition) is 1. The molecule has 1 amide bonds. The molecule has 1 aromatic heterocycles. The van der Waals surface area contributed by atoms with Crippen molar-refractivity contribution in [2.75, 3.05) is 27.2 Å². The number of amides is 1. The third-order valence-corrected chi connectivity index (χ3v) is 5.30. The molecule has 2 heterocycles. The Labute approximate surface area is 140 Å². The normalized spacial score (nSPS) is 24.9. The molecule has 6 heteroatoms. The minimum Gasteiger partial charge on any atom is -0.383 e. The quantitative estimate of drug-likeness (QED) is 0.932. The number of carbonyl (C=O) groups excluding carboxylic acids is 1. The lowest BCUT2D eigenvalue weighted by molar-refractivity contribution is -0.0810. The van der Waals surface area contributed by atoms with E-state index in [1.807, 2.05) is 54.2 Å². The van der Waals surface area contributed by atoms with Gasteiger partial charge in [-0.3, -0.25) is 9.78 Å². The van der Waals surface area contributed by atoms with Crippen LogP contribution in [0.4, 0.5) is 0 Å². The molecule has 2 aromatic rings. The van der Waals surface area contributed by atoms with Crippen LogP contribution in [-0.4, -0.2) is 59.0 Å². The van der Waals surface area contributed by atoms with Gasteiger partial charge in [-0.15, -0.1) is 11.3 Å². The van der Waals surface area contributed by atoms with Gasteiger partial charge in [-0.1, -0.05) is 30.3 Å². The van der Waals surface area contributed by atoms with Crippen molar-refractivity contribution in [1.29, 1.82) is 0 Å². The lowest BCUT2D eigenvalue weighted by atomic mass is 9.80. The van der Waals surface area contributed by atoms with E-state index in [1.54, 1.807) is 11.7 Å². The molecule has 5 nitrogen and oxygen atoms in total. The van der Waals surface area contributed by atoms with Crippen molar-refractivity contribution >= 4 is 17.2 Å². The first-order valence-corrected chi connectivity index (χ1v) is 8.52. The predicted molar refractivity (Wildman–Crippen MR) is 90.4 cm³/mol. The fourth-order valence-corrected chi connectivity index (χ4v) is 3.83. The van der Waals surface area contributed by atoms with Gasteiger partial charge in [0.25, 0.3) is 5.91 Å². The second-order valence-corrected chi connectivity index (χ2v) is 7.02. The maximum absolute atomic E-state index is 12.6. The van der Waals surface area contributed by atoms with Gasteiger partial charge < -0.3 is 14.9 Å². The zero-order valence-electron chi connectivity index (χ0n) is 13.3. The number of carbonyl (C=O) groups is 1. The topological polar surface area (TPSA) is 56.7 Å². The largest absolute Gasteiger partial charge is 0.383 e. The monoisotopic (exact) mass is 331 g/mol. The highest BCUT2D eigenvalue weighted by Crippen LogP contribution is 2.35. The van der Waals surface area contributed by atoms with E-state index >= 15 is 0 Å². The summed E-state index contributed by atoms with van der Waals surface area (Å²) < 4.78 is 0. The maximum Gasteiger partial charge on any atom is 0.265 e.